The van der Waals surface area contributed by atoms with Crippen molar-refractivity contribution in [3.63, 3.8) is 0 Å². The van der Waals surface area contributed by atoms with Gasteiger partial charge in [0.25, 0.3) is 0 Å². The van der Waals surface area contributed by atoms with Crippen molar-refractivity contribution in [1.82, 2.24) is 9.55 Å². The third-order valence-electron chi connectivity index (χ3n) is 3.94. The second-order valence-electron chi connectivity index (χ2n) is 5.59. The van der Waals surface area contributed by atoms with Gasteiger partial charge in [0.15, 0.2) is 0 Å². The Hall–Kier alpha value is -0.870. The molecule has 0 radical (unpaired) electrons. The van der Waals surface area contributed by atoms with Gasteiger partial charge in [-0.3, -0.25) is 0 Å². The van der Waals surface area contributed by atoms with Crippen LogP contribution < -0.4 is 0 Å². The molecular formula is C17H22N2S2. The number of thioether (sulfide) groups is 2. The average molecular weight is 319 g/mol. The molecule has 0 aliphatic carbocycles. The largest absolute Gasteiger partial charge is 0.335 e. The van der Waals surface area contributed by atoms with E-state index in [2.05, 4.69) is 76.5 Å². The Morgan fingerprint density at radius 3 is 2.90 bits per heavy atom. The van der Waals surface area contributed by atoms with Crippen molar-refractivity contribution in [2.75, 3.05) is 5.75 Å². The van der Waals surface area contributed by atoms with Gasteiger partial charge in [-0.15, -0.1) is 23.5 Å². The lowest BCUT2D eigenvalue weighted by molar-refractivity contribution is 0.608. The third kappa shape index (κ3) is 3.86. The molecule has 1 saturated heterocycles. The highest BCUT2D eigenvalue weighted by Gasteiger charge is 2.37. The van der Waals surface area contributed by atoms with Crippen LogP contribution in [0.3, 0.4) is 0 Å². The minimum absolute atomic E-state index is 0.237. The summed E-state index contributed by atoms with van der Waals surface area (Å²) >= 11 is 4.32. The van der Waals surface area contributed by atoms with Gasteiger partial charge < -0.3 is 4.57 Å². The molecule has 112 valence electrons. The van der Waals surface area contributed by atoms with Crippen molar-refractivity contribution in [2.45, 2.75) is 42.1 Å². The lowest BCUT2D eigenvalue weighted by Gasteiger charge is -2.40. The van der Waals surface area contributed by atoms with Crippen molar-refractivity contribution >= 4 is 23.5 Å². The van der Waals surface area contributed by atoms with E-state index in [9.17, 15) is 0 Å². The van der Waals surface area contributed by atoms with Crippen LogP contribution in [0.5, 0.6) is 0 Å². The summed E-state index contributed by atoms with van der Waals surface area (Å²) in [7, 11) is 0. The molecule has 2 aromatic rings. The van der Waals surface area contributed by atoms with E-state index < -0.39 is 0 Å². The normalized spacial score (nSPS) is 25.9. The second-order valence-corrected chi connectivity index (χ2v) is 9.01. The first-order valence-corrected chi connectivity index (χ1v) is 9.48. The molecule has 2 heterocycles. The average Bonchev–Trinajstić information content (AvgIpc) is 3.01. The third-order valence-corrected chi connectivity index (χ3v) is 7.43. The number of nitrogens with zero attached hydrogens (tertiary/aromatic N) is 2. The highest BCUT2D eigenvalue weighted by Crippen LogP contribution is 2.49. The van der Waals surface area contributed by atoms with Gasteiger partial charge in [-0.2, -0.15) is 0 Å². The predicted molar refractivity (Wildman–Crippen MR) is 93.8 cm³/mol. The quantitative estimate of drug-likeness (QED) is 0.810. The molecule has 0 saturated carbocycles. The van der Waals surface area contributed by atoms with E-state index in [4.69, 9.17) is 0 Å². The molecule has 2 unspecified atom stereocenters. The molecule has 2 nitrogen and oxygen atoms in total. The maximum atomic E-state index is 4.21. The monoisotopic (exact) mass is 318 g/mol. The first-order valence-electron chi connectivity index (χ1n) is 7.61. The molecule has 1 aliphatic heterocycles. The van der Waals surface area contributed by atoms with Crippen LogP contribution in [-0.2, 0) is 13.0 Å². The van der Waals surface area contributed by atoms with Gasteiger partial charge in [-0.05, 0) is 30.6 Å². The van der Waals surface area contributed by atoms with Crippen LogP contribution in [0.1, 0.15) is 25.3 Å². The molecule has 21 heavy (non-hydrogen) atoms. The van der Waals surface area contributed by atoms with Gasteiger partial charge in [0.2, 0.25) is 0 Å². The Balaban J connectivity index is 1.83. The molecule has 0 N–H and O–H groups in total. The van der Waals surface area contributed by atoms with Crippen LogP contribution in [0.15, 0.2) is 49.1 Å². The number of hydrogen-bond acceptors (Lipinski definition) is 3. The molecule has 1 fully saturated rings. The van der Waals surface area contributed by atoms with E-state index in [1.54, 1.807) is 0 Å². The summed E-state index contributed by atoms with van der Waals surface area (Å²) in [4.78, 5) is 4.21. The van der Waals surface area contributed by atoms with E-state index in [0.717, 1.165) is 18.2 Å². The topological polar surface area (TPSA) is 17.8 Å². The van der Waals surface area contributed by atoms with E-state index in [1.807, 2.05) is 12.5 Å². The van der Waals surface area contributed by atoms with Gasteiger partial charge in [0.1, 0.15) is 0 Å². The fourth-order valence-corrected chi connectivity index (χ4v) is 6.70. The molecular weight excluding hydrogens is 296 g/mol. The van der Waals surface area contributed by atoms with Gasteiger partial charge >= 0.3 is 0 Å². The summed E-state index contributed by atoms with van der Waals surface area (Å²) in [6, 6.07) is 10.9. The smallest absolute Gasteiger partial charge is 0.0946 e. The van der Waals surface area contributed by atoms with Crippen LogP contribution in [0.2, 0.25) is 0 Å². The number of benzene rings is 1. The SMILES string of the molecule is CCC1CCSC(Cc2ccccc2)(Cn2ccnc2)S1. The van der Waals surface area contributed by atoms with E-state index >= 15 is 0 Å². The van der Waals surface area contributed by atoms with Gasteiger partial charge in [-0.1, -0.05) is 37.3 Å². The molecule has 4 heteroatoms. The van der Waals surface area contributed by atoms with Crippen molar-refractivity contribution < 1.29 is 0 Å². The Bertz CT molecular complexity index is 541. The van der Waals surface area contributed by atoms with Crippen molar-refractivity contribution in [2.24, 2.45) is 0 Å². The Morgan fingerprint density at radius 2 is 2.19 bits per heavy atom. The van der Waals surface area contributed by atoms with Crippen molar-refractivity contribution in [1.29, 1.82) is 0 Å². The van der Waals surface area contributed by atoms with Gasteiger partial charge in [-0.25, -0.2) is 4.98 Å². The molecule has 1 aromatic heterocycles. The summed E-state index contributed by atoms with van der Waals surface area (Å²) in [5, 5.41) is 0.790. The second kappa shape index (κ2) is 6.93. The van der Waals surface area contributed by atoms with E-state index in [1.165, 1.54) is 24.2 Å². The van der Waals surface area contributed by atoms with Crippen LogP contribution >= 0.6 is 23.5 Å². The molecule has 1 aliphatic rings. The fourth-order valence-electron chi connectivity index (χ4n) is 2.86. The van der Waals surface area contributed by atoms with Crippen LogP contribution in [-0.4, -0.2) is 24.6 Å². The molecule has 3 rings (SSSR count). The summed E-state index contributed by atoms with van der Waals surface area (Å²) in [5.41, 5.74) is 1.44. The maximum Gasteiger partial charge on any atom is 0.0946 e. The van der Waals surface area contributed by atoms with Crippen LogP contribution in [0.4, 0.5) is 0 Å². The van der Waals surface area contributed by atoms with Crippen molar-refractivity contribution in [3.8, 4) is 0 Å². The molecule has 0 amide bonds. The number of aromatic nitrogens is 2. The summed E-state index contributed by atoms with van der Waals surface area (Å²) in [6.45, 7) is 3.35. The molecule has 0 bridgehead atoms. The Labute approximate surface area is 135 Å². The minimum atomic E-state index is 0.237. The molecule has 0 spiro atoms. The Morgan fingerprint density at radius 1 is 1.33 bits per heavy atom. The summed E-state index contributed by atoms with van der Waals surface area (Å²) < 4.78 is 2.47. The maximum absolute atomic E-state index is 4.21. The van der Waals surface area contributed by atoms with Crippen molar-refractivity contribution in [3.05, 3.63) is 54.6 Å². The zero-order chi connectivity index (χ0) is 14.5. The first-order chi connectivity index (χ1) is 10.3. The predicted octanol–water partition coefficient (Wildman–Crippen LogP) is 4.47. The highest BCUT2D eigenvalue weighted by atomic mass is 32.2. The van der Waals surface area contributed by atoms with Gasteiger partial charge in [0, 0.05) is 24.2 Å². The standard InChI is InChI=1S/C17H22N2S2/c1-2-16-8-11-20-17(21-16,13-19-10-9-18-14-19)12-15-6-4-3-5-7-15/h3-7,9-10,14,16H,2,8,11-13H2,1H3. The van der Waals surface area contributed by atoms with Gasteiger partial charge in [0.05, 0.1) is 10.4 Å². The summed E-state index contributed by atoms with van der Waals surface area (Å²) in [6.07, 6.45) is 9.65. The molecule has 1 aromatic carbocycles. The highest BCUT2D eigenvalue weighted by molar-refractivity contribution is 8.19. The van der Waals surface area contributed by atoms with Crippen LogP contribution in [0.25, 0.3) is 0 Å². The first kappa shape index (κ1) is 15.0. The zero-order valence-electron chi connectivity index (χ0n) is 12.4. The number of imidazole rings is 1. The minimum Gasteiger partial charge on any atom is -0.335 e. The Kier molecular flexibility index (Phi) is 4.96. The summed E-state index contributed by atoms with van der Waals surface area (Å²) in [5.74, 6) is 1.27. The van der Waals surface area contributed by atoms with E-state index in [0.29, 0.717) is 0 Å². The zero-order valence-corrected chi connectivity index (χ0v) is 14.1. The van der Waals surface area contributed by atoms with E-state index in [-0.39, 0.29) is 4.08 Å². The number of hydrogen-bond donors (Lipinski definition) is 0. The molecule has 2 atom stereocenters. The van der Waals surface area contributed by atoms with Crippen LogP contribution in [0, 0.1) is 0 Å². The fraction of sp³-hybridized carbons (Fsp3) is 0.471. The lowest BCUT2D eigenvalue weighted by atomic mass is 10.1. The number of rotatable bonds is 5. The lowest BCUT2D eigenvalue weighted by Crippen LogP contribution is -2.35.